The van der Waals surface area contributed by atoms with E-state index in [1.807, 2.05) is 94.7 Å². The smallest absolute Gasteiger partial charge is 0.265 e. The second kappa shape index (κ2) is 11.4. The largest absolute Gasteiger partial charge is 0.368 e. The molecule has 1 fully saturated rings. The zero-order valence-electron chi connectivity index (χ0n) is 22.5. The Hall–Kier alpha value is -4.29. The van der Waals surface area contributed by atoms with Gasteiger partial charge in [-0.15, -0.1) is 0 Å². The lowest BCUT2D eigenvalue weighted by Gasteiger charge is -2.36. The molecule has 5 nitrogen and oxygen atoms in total. The van der Waals surface area contributed by atoms with Crippen molar-refractivity contribution in [3.05, 3.63) is 130 Å². The number of anilines is 2. The number of benzene rings is 4. The summed E-state index contributed by atoms with van der Waals surface area (Å²) in [5.41, 5.74) is 5.78. The van der Waals surface area contributed by atoms with Crippen molar-refractivity contribution in [2.45, 2.75) is 18.4 Å². The van der Waals surface area contributed by atoms with Crippen LogP contribution in [0.3, 0.4) is 0 Å². The first kappa shape index (κ1) is 26.0. The van der Waals surface area contributed by atoms with Gasteiger partial charge in [-0.3, -0.25) is 9.59 Å². The van der Waals surface area contributed by atoms with Crippen molar-refractivity contribution in [2.75, 3.05) is 36.0 Å². The molecular formula is C34H31N3O2S. The minimum atomic E-state index is -0.0519. The predicted molar refractivity (Wildman–Crippen MR) is 164 cm³/mol. The lowest BCUT2D eigenvalue weighted by Crippen LogP contribution is -2.48. The molecule has 2 aliphatic heterocycles. The molecule has 200 valence electrons. The van der Waals surface area contributed by atoms with Crippen LogP contribution < -0.4 is 9.80 Å². The number of fused-ring (bicyclic) bond motifs is 1. The second-order valence-corrected chi connectivity index (χ2v) is 11.3. The molecule has 1 saturated heterocycles. The van der Waals surface area contributed by atoms with E-state index in [-0.39, 0.29) is 11.8 Å². The predicted octanol–water partition coefficient (Wildman–Crippen LogP) is 6.64. The highest BCUT2D eigenvalue weighted by molar-refractivity contribution is 8.04. The van der Waals surface area contributed by atoms with E-state index in [0.717, 1.165) is 40.4 Å². The molecule has 2 heterocycles. The third kappa shape index (κ3) is 5.54. The summed E-state index contributed by atoms with van der Waals surface area (Å²) in [6.45, 7) is 5.41. The Morgan fingerprint density at radius 2 is 1.55 bits per heavy atom. The Kier molecular flexibility index (Phi) is 7.43. The summed E-state index contributed by atoms with van der Waals surface area (Å²) in [5.74, 6) is -0.0435. The molecule has 0 bridgehead atoms. The van der Waals surface area contributed by atoms with Crippen LogP contribution in [0.25, 0.3) is 6.08 Å². The van der Waals surface area contributed by atoms with E-state index in [2.05, 4.69) is 36.1 Å². The Morgan fingerprint density at radius 3 is 2.27 bits per heavy atom. The van der Waals surface area contributed by atoms with E-state index in [9.17, 15) is 9.59 Å². The molecular weight excluding hydrogens is 514 g/mol. The number of hydrogen-bond acceptors (Lipinski definition) is 4. The molecule has 0 saturated carbocycles. The van der Waals surface area contributed by atoms with Crippen LogP contribution in [-0.2, 0) is 11.3 Å². The van der Waals surface area contributed by atoms with Crippen molar-refractivity contribution in [3.63, 3.8) is 0 Å². The quantitative estimate of drug-likeness (QED) is 0.264. The maximum atomic E-state index is 13.9. The van der Waals surface area contributed by atoms with Gasteiger partial charge in [0.15, 0.2) is 0 Å². The van der Waals surface area contributed by atoms with Gasteiger partial charge in [0.25, 0.3) is 11.8 Å². The van der Waals surface area contributed by atoms with Crippen molar-refractivity contribution in [1.82, 2.24) is 4.90 Å². The van der Waals surface area contributed by atoms with Crippen molar-refractivity contribution < 1.29 is 9.59 Å². The summed E-state index contributed by atoms with van der Waals surface area (Å²) in [6.07, 6.45) is 1.95. The number of aryl methyl sites for hydroxylation is 1. The van der Waals surface area contributed by atoms with E-state index in [4.69, 9.17) is 0 Å². The minimum Gasteiger partial charge on any atom is -0.368 e. The first-order valence-corrected chi connectivity index (χ1v) is 14.4. The number of para-hydroxylation sites is 1. The van der Waals surface area contributed by atoms with Gasteiger partial charge in [-0.05, 0) is 54.5 Å². The average molecular weight is 546 g/mol. The van der Waals surface area contributed by atoms with Crippen molar-refractivity contribution in [2.24, 2.45) is 0 Å². The number of piperazine rings is 1. The Balaban J connectivity index is 1.28. The number of nitrogens with zero attached hydrogens (tertiary/aromatic N) is 3. The van der Waals surface area contributed by atoms with E-state index in [1.165, 1.54) is 17.4 Å². The molecule has 0 unspecified atom stereocenters. The van der Waals surface area contributed by atoms with Crippen molar-refractivity contribution >= 4 is 41.0 Å². The molecule has 4 aromatic rings. The van der Waals surface area contributed by atoms with Crippen LogP contribution in [0.5, 0.6) is 0 Å². The van der Waals surface area contributed by atoms with Crippen molar-refractivity contribution in [1.29, 1.82) is 0 Å². The average Bonchev–Trinajstić information content (AvgIpc) is 3.00. The highest BCUT2D eigenvalue weighted by atomic mass is 32.2. The molecule has 0 spiro atoms. The first-order valence-electron chi connectivity index (χ1n) is 13.6. The zero-order valence-corrected chi connectivity index (χ0v) is 23.3. The SMILES string of the molecule is Cc1cccc(CN2C(=O)/C(=C/c3ccccc3)Sc3ccc(C(=O)N4CCN(c5ccccc5)CC4)cc32)c1. The summed E-state index contributed by atoms with van der Waals surface area (Å²) in [5, 5.41) is 0. The van der Waals surface area contributed by atoms with Crippen LogP contribution in [0.4, 0.5) is 11.4 Å². The van der Waals surface area contributed by atoms with Crippen LogP contribution in [0.2, 0.25) is 0 Å². The van der Waals surface area contributed by atoms with Gasteiger partial charge >= 0.3 is 0 Å². The fourth-order valence-electron chi connectivity index (χ4n) is 5.28. The van der Waals surface area contributed by atoms with E-state index in [0.29, 0.717) is 30.1 Å². The van der Waals surface area contributed by atoms with E-state index < -0.39 is 0 Å². The number of amides is 2. The molecule has 4 aromatic carbocycles. The topological polar surface area (TPSA) is 43.9 Å². The second-order valence-electron chi connectivity index (χ2n) is 10.2. The highest BCUT2D eigenvalue weighted by Gasteiger charge is 2.31. The van der Waals surface area contributed by atoms with E-state index >= 15 is 0 Å². The summed E-state index contributed by atoms with van der Waals surface area (Å²) >= 11 is 1.47. The zero-order chi connectivity index (χ0) is 27.5. The standard InChI is InChI=1S/C34H31N3O2S/c1-25-9-8-12-27(21-25)24-37-30-23-28(33(38)36-19-17-35(18-20-36)29-13-6-3-7-14-29)15-16-31(30)40-32(34(37)39)22-26-10-4-2-5-11-26/h2-16,21-23H,17-20,24H2,1H3/b32-22-. The molecule has 2 amide bonds. The normalized spacial score (nSPS) is 16.3. The van der Waals surface area contributed by atoms with Gasteiger partial charge in [0, 0.05) is 42.3 Å². The number of carbonyl (C=O) groups is 2. The van der Waals surface area contributed by atoms with E-state index in [1.54, 1.807) is 0 Å². The highest BCUT2D eigenvalue weighted by Crippen LogP contribution is 2.43. The molecule has 2 aliphatic rings. The fraction of sp³-hybridized carbons (Fsp3) is 0.176. The monoisotopic (exact) mass is 545 g/mol. The van der Waals surface area contributed by atoms with Gasteiger partial charge in [-0.25, -0.2) is 0 Å². The Labute approximate surface area is 239 Å². The van der Waals surface area contributed by atoms with Crippen LogP contribution >= 0.6 is 11.8 Å². The molecule has 0 aromatic heterocycles. The third-order valence-electron chi connectivity index (χ3n) is 7.38. The first-order chi connectivity index (χ1) is 19.5. The van der Waals surface area contributed by atoms with Gasteiger partial charge < -0.3 is 14.7 Å². The Bertz CT molecular complexity index is 1560. The van der Waals surface area contributed by atoms with Gasteiger partial charge in [0.2, 0.25) is 0 Å². The third-order valence-corrected chi connectivity index (χ3v) is 8.46. The maximum absolute atomic E-state index is 13.9. The molecule has 6 rings (SSSR count). The van der Waals surface area contributed by atoms with Gasteiger partial charge in [0.1, 0.15) is 0 Å². The number of carbonyl (C=O) groups excluding carboxylic acids is 2. The molecule has 40 heavy (non-hydrogen) atoms. The molecule has 0 aliphatic carbocycles. The summed E-state index contributed by atoms with van der Waals surface area (Å²) in [6, 6.07) is 34.3. The van der Waals surface area contributed by atoms with Crippen LogP contribution in [0.15, 0.2) is 113 Å². The summed E-state index contributed by atoms with van der Waals surface area (Å²) in [7, 11) is 0. The molecule has 0 N–H and O–H groups in total. The van der Waals surface area contributed by atoms with Gasteiger partial charge in [-0.2, -0.15) is 0 Å². The Morgan fingerprint density at radius 1 is 0.825 bits per heavy atom. The van der Waals surface area contributed by atoms with Gasteiger partial charge in [0.05, 0.1) is 17.1 Å². The lowest BCUT2D eigenvalue weighted by atomic mass is 10.1. The number of hydrogen-bond donors (Lipinski definition) is 0. The number of thioether (sulfide) groups is 1. The fourth-order valence-corrected chi connectivity index (χ4v) is 6.32. The minimum absolute atomic E-state index is 0.00842. The van der Waals surface area contributed by atoms with Crippen molar-refractivity contribution in [3.8, 4) is 0 Å². The molecule has 0 radical (unpaired) electrons. The van der Waals surface area contributed by atoms with Crippen LogP contribution in [-0.4, -0.2) is 42.9 Å². The van der Waals surface area contributed by atoms with Crippen LogP contribution in [0, 0.1) is 6.92 Å². The lowest BCUT2D eigenvalue weighted by molar-refractivity contribution is -0.114. The number of rotatable bonds is 5. The van der Waals surface area contributed by atoms with Gasteiger partial charge in [-0.1, -0.05) is 90.1 Å². The molecule has 0 atom stereocenters. The summed E-state index contributed by atoms with van der Waals surface area (Å²) in [4.78, 5) is 35.2. The maximum Gasteiger partial charge on any atom is 0.265 e. The molecule has 6 heteroatoms. The van der Waals surface area contributed by atoms with Crippen LogP contribution in [0.1, 0.15) is 27.0 Å². The summed E-state index contributed by atoms with van der Waals surface area (Å²) < 4.78 is 0.